The molecule has 15 heavy (non-hydrogen) atoms. The van der Waals surface area contributed by atoms with E-state index in [1.807, 2.05) is 0 Å². The summed E-state index contributed by atoms with van der Waals surface area (Å²) >= 11 is 0. The maximum Gasteiger partial charge on any atom is 0.488 e. The second-order valence-corrected chi connectivity index (χ2v) is 4.17. The Balaban J connectivity index is 2.38. The molecule has 1 aromatic carbocycles. The fourth-order valence-electron chi connectivity index (χ4n) is 1.58. The van der Waals surface area contributed by atoms with Crippen LogP contribution in [-0.2, 0) is 16.9 Å². The molecular formula is C9H7FO4S. The maximum atomic E-state index is 12.2. The van der Waals surface area contributed by atoms with Gasteiger partial charge in [0, 0.05) is 12.0 Å². The van der Waals surface area contributed by atoms with Crippen molar-refractivity contribution >= 4 is 16.3 Å². The van der Waals surface area contributed by atoms with Gasteiger partial charge in [0.25, 0.3) is 0 Å². The topological polar surface area (TPSA) is 60.4 Å². The van der Waals surface area contributed by atoms with Crippen LogP contribution in [0, 0.1) is 0 Å². The Morgan fingerprint density at radius 2 is 2.00 bits per heavy atom. The fourth-order valence-corrected chi connectivity index (χ4v) is 1.92. The summed E-state index contributed by atoms with van der Waals surface area (Å²) in [4.78, 5) is 11.3. The molecule has 0 spiro atoms. The van der Waals surface area contributed by atoms with Gasteiger partial charge in [-0.25, -0.2) is 0 Å². The summed E-state index contributed by atoms with van der Waals surface area (Å²) in [6, 6.07) is 4.15. The number of fused-ring (bicyclic) bond motifs is 1. The van der Waals surface area contributed by atoms with Crippen molar-refractivity contribution in [2.45, 2.75) is 12.8 Å². The number of hydrogen-bond acceptors (Lipinski definition) is 4. The zero-order valence-electron chi connectivity index (χ0n) is 7.57. The third-order valence-corrected chi connectivity index (χ3v) is 2.59. The molecule has 1 aromatic rings. The first-order chi connectivity index (χ1) is 6.96. The minimum Gasteiger partial charge on any atom is -0.358 e. The molecule has 1 aliphatic carbocycles. The number of carbonyl (C=O) groups is 1. The molecule has 1 aliphatic rings. The van der Waals surface area contributed by atoms with Crippen LogP contribution in [0.1, 0.15) is 22.3 Å². The molecule has 0 saturated carbocycles. The normalized spacial score (nSPS) is 15.1. The minimum absolute atomic E-state index is 0.0771. The van der Waals surface area contributed by atoms with Gasteiger partial charge in [-0.15, -0.1) is 0 Å². The lowest BCUT2D eigenvalue weighted by atomic mass is 10.1. The van der Waals surface area contributed by atoms with Crippen molar-refractivity contribution in [3.05, 3.63) is 29.3 Å². The quantitative estimate of drug-likeness (QED) is 0.721. The van der Waals surface area contributed by atoms with Crippen LogP contribution in [0.3, 0.4) is 0 Å². The molecule has 80 valence electrons. The number of ketones is 1. The van der Waals surface area contributed by atoms with Crippen molar-refractivity contribution in [2.24, 2.45) is 0 Å². The molecule has 6 heteroatoms. The minimum atomic E-state index is -5.02. The predicted octanol–water partition coefficient (Wildman–Crippen LogP) is 1.41. The van der Waals surface area contributed by atoms with Gasteiger partial charge in [-0.2, -0.15) is 8.42 Å². The number of aryl methyl sites for hydroxylation is 1. The van der Waals surface area contributed by atoms with E-state index < -0.39 is 10.5 Å². The van der Waals surface area contributed by atoms with Crippen LogP contribution in [0.5, 0.6) is 5.75 Å². The Kier molecular flexibility index (Phi) is 2.22. The Hall–Kier alpha value is -1.43. The highest BCUT2D eigenvalue weighted by Gasteiger charge is 2.21. The summed E-state index contributed by atoms with van der Waals surface area (Å²) in [6.07, 6.45) is 1.04. The monoisotopic (exact) mass is 230 g/mol. The van der Waals surface area contributed by atoms with Crippen molar-refractivity contribution in [1.29, 1.82) is 0 Å². The zero-order valence-corrected chi connectivity index (χ0v) is 8.38. The highest BCUT2D eigenvalue weighted by molar-refractivity contribution is 7.81. The van der Waals surface area contributed by atoms with Crippen molar-refractivity contribution in [1.82, 2.24) is 0 Å². The molecule has 0 unspecified atom stereocenters. The Morgan fingerprint density at radius 1 is 1.27 bits per heavy atom. The van der Waals surface area contributed by atoms with Crippen molar-refractivity contribution in [3.8, 4) is 5.75 Å². The fraction of sp³-hybridized carbons (Fsp3) is 0.222. The van der Waals surface area contributed by atoms with E-state index in [0.29, 0.717) is 18.4 Å². The van der Waals surface area contributed by atoms with Gasteiger partial charge in [0.1, 0.15) is 5.75 Å². The van der Waals surface area contributed by atoms with Gasteiger partial charge >= 0.3 is 10.5 Å². The summed E-state index contributed by atoms with van der Waals surface area (Å²) in [7, 11) is -5.02. The van der Waals surface area contributed by atoms with E-state index in [1.165, 1.54) is 12.1 Å². The maximum absolute atomic E-state index is 12.2. The van der Waals surface area contributed by atoms with Gasteiger partial charge in [0.05, 0.1) is 0 Å². The van der Waals surface area contributed by atoms with Gasteiger partial charge in [0.2, 0.25) is 0 Å². The smallest absolute Gasteiger partial charge is 0.358 e. The van der Waals surface area contributed by atoms with Crippen molar-refractivity contribution in [2.75, 3.05) is 0 Å². The molecule has 0 atom stereocenters. The lowest BCUT2D eigenvalue weighted by molar-refractivity contribution is 0.0994. The molecular weight excluding hydrogens is 223 g/mol. The van der Waals surface area contributed by atoms with Crippen molar-refractivity contribution in [3.63, 3.8) is 0 Å². The van der Waals surface area contributed by atoms with E-state index in [9.17, 15) is 17.1 Å². The molecule has 0 aliphatic heterocycles. The molecule has 2 rings (SSSR count). The van der Waals surface area contributed by atoms with Crippen LogP contribution >= 0.6 is 0 Å². The number of rotatable bonds is 2. The van der Waals surface area contributed by atoms with Gasteiger partial charge < -0.3 is 4.18 Å². The Labute approximate surface area is 86.1 Å². The van der Waals surface area contributed by atoms with E-state index in [1.54, 1.807) is 6.07 Å². The van der Waals surface area contributed by atoms with Crippen molar-refractivity contribution < 1.29 is 21.3 Å². The van der Waals surface area contributed by atoms with Crippen LogP contribution in [-0.4, -0.2) is 14.2 Å². The molecule has 0 radical (unpaired) electrons. The first-order valence-corrected chi connectivity index (χ1v) is 5.57. The SMILES string of the molecule is O=C1CCc2ccc(OS(=O)(=O)F)cc21. The highest BCUT2D eigenvalue weighted by Crippen LogP contribution is 2.26. The molecule has 0 heterocycles. The molecule has 0 fully saturated rings. The number of hydrogen-bond donors (Lipinski definition) is 0. The largest absolute Gasteiger partial charge is 0.488 e. The highest BCUT2D eigenvalue weighted by atomic mass is 32.3. The summed E-state index contributed by atoms with van der Waals surface area (Å²) in [5.74, 6) is -0.252. The average molecular weight is 230 g/mol. The van der Waals surface area contributed by atoms with E-state index in [4.69, 9.17) is 0 Å². The first kappa shape index (κ1) is 10.1. The third kappa shape index (κ3) is 2.15. The van der Waals surface area contributed by atoms with Crippen LogP contribution < -0.4 is 4.18 Å². The van der Waals surface area contributed by atoms with E-state index in [0.717, 1.165) is 5.56 Å². The van der Waals surface area contributed by atoms with Gasteiger partial charge in [-0.1, -0.05) is 9.95 Å². The standard InChI is InChI=1S/C9H7FO4S/c10-15(12,13)14-7-3-1-6-2-4-9(11)8(6)5-7/h1,3,5H,2,4H2. The summed E-state index contributed by atoms with van der Waals surface area (Å²) < 4.78 is 36.6. The van der Waals surface area contributed by atoms with Crippen LogP contribution in [0.2, 0.25) is 0 Å². The lowest BCUT2D eigenvalue weighted by Crippen LogP contribution is -2.02. The van der Waals surface area contributed by atoms with E-state index >= 15 is 0 Å². The summed E-state index contributed by atoms with van der Waals surface area (Å²) in [5.41, 5.74) is 1.25. The molecule has 0 amide bonds. The molecule has 4 nitrogen and oxygen atoms in total. The van der Waals surface area contributed by atoms with Gasteiger partial charge in [-0.05, 0) is 24.1 Å². The van der Waals surface area contributed by atoms with E-state index in [2.05, 4.69) is 4.18 Å². The van der Waals surface area contributed by atoms with Crippen LogP contribution in [0.15, 0.2) is 18.2 Å². The molecule has 0 aromatic heterocycles. The Bertz CT molecular complexity index is 521. The number of halogens is 1. The summed E-state index contributed by atoms with van der Waals surface area (Å²) in [6.45, 7) is 0. The van der Waals surface area contributed by atoms with Crippen LogP contribution in [0.4, 0.5) is 3.89 Å². The molecule has 0 saturated heterocycles. The second kappa shape index (κ2) is 3.30. The van der Waals surface area contributed by atoms with Crippen LogP contribution in [0.25, 0.3) is 0 Å². The van der Waals surface area contributed by atoms with Gasteiger partial charge in [0.15, 0.2) is 5.78 Å². The number of Topliss-reactive ketones (excluding diaryl/α,β-unsaturated/α-hetero) is 1. The second-order valence-electron chi connectivity index (χ2n) is 3.22. The number of benzene rings is 1. The molecule has 0 N–H and O–H groups in total. The number of carbonyl (C=O) groups excluding carboxylic acids is 1. The Morgan fingerprint density at radius 3 is 2.67 bits per heavy atom. The average Bonchev–Trinajstić information content (AvgIpc) is 2.45. The first-order valence-electron chi connectivity index (χ1n) is 4.26. The lowest BCUT2D eigenvalue weighted by Gasteiger charge is -2.02. The van der Waals surface area contributed by atoms with Gasteiger partial charge in [-0.3, -0.25) is 4.79 Å². The van der Waals surface area contributed by atoms with E-state index in [-0.39, 0.29) is 11.5 Å². The summed E-state index contributed by atoms with van der Waals surface area (Å²) in [5, 5.41) is 0. The zero-order chi connectivity index (χ0) is 11.1. The molecule has 0 bridgehead atoms. The predicted molar refractivity (Wildman–Crippen MR) is 49.7 cm³/mol. The third-order valence-electron chi connectivity index (χ3n) is 2.20.